The van der Waals surface area contributed by atoms with Gasteiger partial charge in [-0.3, -0.25) is 10.1 Å². The molecule has 0 fully saturated rings. The molecule has 0 unspecified atom stereocenters. The Morgan fingerprint density at radius 1 is 1.04 bits per heavy atom. The number of hydrogen-bond donors (Lipinski definition) is 2. The third-order valence-corrected chi connectivity index (χ3v) is 3.73. The van der Waals surface area contributed by atoms with Crippen molar-refractivity contribution in [2.24, 2.45) is 0 Å². The molecule has 26 heavy (non-hydrogen) atoms. The second kappa shape index (κ2) is 8.24. The molecule has 0 aromatic heterocycles. The van der Waals surface area contributed by atoms with E-state index in [1.807, 2.05) is 18.2 Å². The molecule has 136 valence electrons. The maximum Gasteiger partial charge on any atom is 0.411 e. The van der Waals surface area contributed by atoms with Crippen LogP contribution in [0.5, 0.6) is 11.5 Å². The first-order valence-electron chi connectivity index (χ1n) is 8.36. The average molecular weight is 356 g/mol. The standard InChI is InChI=1S/C19H20N2O5/c1-2-24-19(23)21-15-6-4-14(5-7-15)18(22)20-12-13-3-8-16-17(11-13)26-10-9-25-16/h3-8,11H,2,9-10,12H2,1H3,(H,20,22)(H,21,23). The first-order valence-corrected chi connectivity index (χ1v) is 8.36. The van der Waals surface area contributed by atoms with Gasteiger partial charge in [0.05, 0.1) is 6.61 Å². The zero-order chi connectivity index (χ0) is 18.4. The zero-order valence-corrected chi connectivity index (χ0v) is 14.4. The Bertz CT molecular complexity index is 789. The maximum atomic E-state index is 12.3. The van der Waals surface area contributed by atoms with E-state index in [9.17, 15) is 9.59 Å². The number of amides is 2. The minimum atomic E-state index is -0.525. The number of carbonyl (C=O) groups is 2. The number of nitrogens with one attached hydrogen (secondary N) is 2. The quantitative estimate of drug-likeness (QED) is 0.860. The second-order valence-corrected chi connectivity index (χ2v) is 5.58. The van der Waals surface area contributed by atoms with Crippen molar-refractivity contribution in [3.05, 3.63) is 53.6 Å². The van der Waals surface area contributed by atoms with Gasteiger partial charge in [-0.2, -0.15) is 0 Å². The van der Waals surface area contributed by atoms with Crippen molar-refractivity contribution >= 4 is 17.7 Å². The van der Waals surface area contributed by atoms with E-state index in [1.54, 1.807) is 31.2 Å². The molecule has 7 heteroatoms. The van der Waals surface area contributed by atoms with Gasteiger partial charge < -0.3 is 19.5 Å². The fraction of sp³-hybridized carbons (Fsp3) is 0.263. The highest BCUT2D eigenvalue weighted by molar-refractivity contribution is 5.95. The van der Waals surface area contributed by atoms with Crippen molar-refractivity contribution in [1.82, 2.24) is 5.32 Å². The second-order valence-electron chi connectivity index (χ2n) is 5.58. The van der Waals surface area contributed by atoms with Crippen molar-refractivity contribution < 1.29 is 23.8 Å². The lowest BCUT2D eigenvalue weighted by atomic mass is 10.1. The monoisotopic (exact) mass is 356 g/mol. The van der Waals surface area contributed by atoms with Gasteiger partial charge in [-0.05, 0) is 48.9 Å². The lowest BCUT2D eigenvalue weighted by molar-refractivity contribution is 0.0950. The molecule has 3 rings (SSSR count). The van der Waals surface area contributed by atoms with E-state index in [2.05, 4.69) is 10.6 Å². The molecule has 2 amide bonds. The smallest absolute Gasteiger partial charge is 0.411 e. The summed E-state index contributed by atoms with van der Waals surface area (Å²) in [5.41, 5.74) is 1.98. The molecule has 0 spiro atoms. The number of hydrogen-bond acceptors (Lipinski definition) is 5. The summed E-state index contributed by atoms with van der Waals surface area (Å²) in [7, 11) is 0. The molecule has 1 aliphatic heterocycles. The van der Waals surface area contributed by atoms with Crippen LogP contribution >= 0.6 is 0 Å². The summed E-state index contributed by atoms with van der Waals surface area (Å²) in [6.07, 6.45) is -0.525. The molecule has 0 atom stereocenters. The summed E-state index contributed by atoms with van der Waals surface area (Å²) in [5.74, 6) is 1.20. The van der Waals surface area contributed by atoms with Crippen LogP contribution < -0.4 is 20.1 Å². The summed E-state index contributed by atoms with van der Waals surface area (Å²) in [5, 5.41) is 5.43. The van der Waals surface area contributed by atoms with E-state index >= 15 is 0 Å². The Morgan fingerprint density at radius 2 is 1.77 bits per heavy atom. The van der Waals surface area contributed by atoms with Crippen LogP contribution in [0.2, 0.25) is 0 Å². The minimum Gasteiger partial charge on any atom is -0.486 e. The van der Waals surface area contributed by atoms with Crippen LogP contribution in [0, 0.1) is 0 Å². The Kier molecular flexibility index (Phi) is 5.58. The lowest BCUT2D eigenvalue weighted by Gasteiger charge is -2.19. The number of carbonyl (C=O) groups excluding carboxylic acids is 2. The van der Waals surface area contributed by atoms with E-state index in [0.717, 1.165) is 11.3 Å². The summed E-state index contributed by atoms with van der Waals surface area (Å²) in [6, 6.07) is 12.2. The number of anilines is 1. The van der Waals surface area contributed by atoms with E-state index in [4.69, 9.17) is 14.2 Å². The SMILES string of the molecule is CCOC(=O)Nc1ccc(C(=O)NCc2ccc3c(c2)OCCO3)cc1. The molecule has 0 aliphatic carbocycles. The van der Waals surface area contributed by atoms with Crippen LogP contribution in [0.3, 0.4) is 0 Å². The number of fused-ring (bicyclic) bond motifs is 1. The van der Waals surface area contributed by atoms with Gasteiger partial charge in [-0.15, -0.1) is 0 Å². The molecule has 0 bridgehead atoms. The summed E-state index contributed by atoms with van der Waals surface area (Å²) in [4.78, 5) is 23.6. The fourth-order valence-electron chi connectivity index (χ4n) is 2.47. The van der Waals surface area contributed by atoms with Crippen molar-refractivity contribution in [2.75, 3.05) is 25.1 Å². The van der Waals surface area contributed by atoms with Gasteiger partial charge in [0.25, 0.3) is 5.91 Å². The van der Waals surface area contributed by atoms with Crippen LogP contribution in [0.4, 0.5) is 10.5 Å². The van der Waals surface area contributed by atoms with Crippen LogP contribution in [0.25, 0.3) is 0 Å². The van der Waals surface area contributed by atoms with E-state index in [1.165, 1.54) is 0 Å². The van der Waals surface area contributed by atoms with Crippen molar-refractivity contribution in [1.29, 1.82) is 0 Å². The molecule has 1 aliphatic rings. The van der Waals surface area contributed by atoms with E-state index in [0.29, 0.717) is 43.4 Å². The Hall–Kier alpha value is -3.22. The minimum absolute atomic E-state index is 0.206. The van der Waals surface area contributed by atoms with Gasteiger partial charge in [0.1, 0.15) is 13.2 Å². The van der Waals surface area contributed by atoms with Crippen molar-refractivity contribution in [2.45, 2.75) is 13.5 Å². The average Bonchev–Trinajstić information content (AvgIpc) is 2.66. The third-order valence-electron chi connectivity index (χ3n) is 3.73. The normalized spacial score (nSPS) is 12.2. The molecule has 7 nitrogen and oxygen atoms in total. The third kappa shape index (κ3) is 4.44. The molecule has 2 aromatic rings. The molecule has 0 saturated carbocycles. The predicted molar refractivity (Wildman–Crippen MR) is 95.7 cm³/mol. The molecule has 1 heterocycles. The van der Waals surface area contributed by atoms with Crippen LogP contribution in [0.1, 0.15) is 22.8 Å². The lowest BCUT2D eigenvalue weighted by Crippen LogP contribution is -2.23. The summed E-state index contributed by atoms with van der Waals surface area (Å²) < 4.78 is 15.8. The van der Waals surface area contributed by atoms with E-state index < -0.39 is 6.09 Å². The maximum absolute atomic E-state index is 12.3. The molecular weight excluding hydrogens is 336 g/mol. The molecular formula is C19H20N2O5. The van der Waals surface area contributed by atoms with Crippen LogP contribution in [0.15, 0.2) is 42.5 Å². The van der Waals surface area contributed by atoms with Gasteiger partial charge in [-0.25, -0.2) is 4.79 Å². The highest BCUT2D eigenvalue weighted by Gasteiger charge is 2.12. The first-order chi connectivity index (χ1) is 12.7. The Balaban J connectivity index is 1.55. The van der Waals surface area contributed by atoms with Gasteiger partial charge in [0.15, 0.2) is 11.5 Å². The summed E-state index contributed by atoms with van der Waals surface area (Å²) >= 11 is 0. The highest BCUT2D eigenvalue weighted by Crippen LogP contribution is 2.30. The van der Waals surface area contributed by atoms with Gasteiger partial charge >= 0.3 is 6.09 Å². The predicted octanol–water partition coefficient (Wildman–Crippen LogP) is 2.96. The molecule has 2 N–H and O–H groups in total. The Morgan fingerprint density at radius 3 is 2.50 bits per heavy atom. The molecule has 0 saturated heterocycles. The first kappa shape index (κ1) is 17.6. The number of rotatable bonds is 5. The zero-order valence-electron chi connectivity index (χ0n) is 14.4. The number of benzene rings is 2. The molecule has 0 radical (unpaired) electrons. The van der Waals surface area contributed by atoms with Gasteiger partial charge in [0.2, 0.25) is 0 Å². The fourth-order valence-corrected chi connectivity index (χ4v) is 2.47. The topological polar surface area (TPSA) is 85.9 Å². The van der Waals surface area contributed by atoms with Crippen molar-refractivity contribution in [3.63, 3.8) is 0 Å². The van der Waals surface area contributed by atoms with E-state index in [-0.39, 0.29) is 5.91 Å². The molecule has 2 aromatic carbocycles. The van der Waals surface area contributed by atoms with Gasteiger partial charge in [-0.1, -0.05) is 6.07 Å². The van der Waals surface area contributed by atoms with Gasteiger partial charge in [0, 0.05) is 17.8 Å². The highest BCUT2D eigenvalue weighted by atomic mass is 16.6. The van der Waals surface area contributed by atoms with Crippen molar-refractivity contribution in [3.8, 4) is 11.5 Å². The van der Waals surface area contributed by atoms with Crippen LogP contribution in [-0.4, -0.2) is 31.8 Å². The van der Waals surface area contributed by atoms with Crippen LogP contribution in [-0.2, 0) is 11.3 Å². The Labute approximate surface area is 151 Å². The summed E-state index contributed by atoms with van der Waals surface area (Å²) in [6.45, 7) is 3.47. The largest absolute Gasteiger partial charge is 0.486 e. The number of ether oxygens (including phenoxy) is 3.